The third-order valence-corrected chi connectivity index (χ3v) is 3.10. The standard InChI is InChI=1S/C17H21N3O3/c1-11(2)19-17(21)14-7-5-12(10-18-14)20-15-9-13(22-3)6-8-16(15)23-4/h5-11,20H,1-4H3,(H,19,21). The molecule has 0 fully saturated rings. The zero-order chi connectivity index (χ0) is 16.8. The van der Waals surface area contributed by atoms with Gasteiger partial charge in [0.2, 0.25) is 0 Å². The molecule has 0 aliphatic carbocycles. The van der Waals surface area contributed by atoms with Gasteiger partial charge >= 0.3 is 0 Å². The van der Waals surface area contributed by atoms with Crippen LogP contribution in [0.5, 0.6) is 11.5 Å². The van der Waals surface area contributed by atoms with Crippen molar-refractivity contribution < 1.29 is 14.3 Å². The molecule has 23 heavy (non-hydrogen) atoms. The molecular weight excluding hydrogens is 294 g/mol. The summed E-state index contributed by atoms with van der Waals surface area (Å²) >= 11 is 0. The Bertz CT molecular complexity index is 669. The van der Waals surface area contributed by atoms with E-state index in [0.29, 0.717) is 17.2 Å². The number of benzene rings is 1. The van der Waals surface area contributed by atoms with Gasteiger partial charge in [0.05, 0.1) is 31.8 Å². The first-order chi connectivity index (χ1) is 11.0. The molecule has 0 saturated carbocycles. The monoisotopic (exact) mass is 315 g/mol. The molecule has 6 heteroatoms. The zero-order valence-electron chi connectivity index (χ0n) is 13.7. The number of aromatic nitrogens is 1. The Balaban J connectivity index is 2.16. The molecule has 6 nitrogen and oxygen atoms in total. The Morgan fingerprint density at radius 3 is 2.48 bits per heavy atom. The van der Waals surface area contributed by atoms with Crippen LogP contribution in [0.25, 0.3) is 0 Å². The summed E-state index contributed by atoms with van der Waals surface area (Å²) in [6.07, 6.45) is 1.61. The number of methoxy groups -OCH3 is 2. The van der Waals surface area contributed by atoms with Gasteiger partial charge in [0, 0.05) is 12.1 Å². The largest absolute Gasteiger partial charge is 0.497 e. The predicted molar refractivity (Wildman–Crippen MR) is 89.7 cm³/mol. The van der Waals surface area contributed by atoms with Gasteiger partial charge in [0.15, 0.2) is 0 Å². The van der Waals surface area contributed by atoms with E-state index in [2.05, 4.69) is 15.6 Å². The molecule has 2 N–H and O–H groups in total. The molecule has 0 saturated heterocycles. The molecule has 0 spiro atoms. The summed E-state index contributed by atoms with van der Waals surface area (Å²) in [5, 5.41) is 6.01. The Hall–Kier alpha value is -2.76. The number of amides is 1. The summed E-state index contributed by atoms with van der Waals surface area (Å²) in [5.74, 6) is 1.21. The Morgan fingerprint density at radius 2 is 1.91 bits per heavy atom. The van der Waals surface area contributed by atoms with Crippen molar-refractivity contribution in [3.05, 3.63) is 42.2 Å². The third kappa shape index (κ3) is 4.35. The molecule has 0 aliphatic heterocycles. The Morgan fingerprint density at radius 1 is 1.13 bits per heavy atom. The van der Waals surface area contributed by atoms with Crippen LogP contribution in [0.2, 0.25) is 0 Å². The van der Waals surface area contributed by atoms with Gasteiger partial charge < -0.3 is 20.1 Å². The number of carbonyl (C=O) groups is 1. The van der Waals surface area contributed by atoms with Crippen LogP contribution in [0.15, 0.2) is 36.5 Å². The van der Waals surface area contributed by atoms with E-state index in [-0.39, 0.29) is 11.9 Å². The summed E-state index contributed by atoms with van der Waals surface area (Å²) in [4.78, 5) is 16.1. The lowest BCUT2D eigenvalue weighted by atomic mass is 10.2. The van der Waals surface area contributed by atoms with Crippen molar-refractivity contribution in [3.63, 3.8) is 0 Å². The highest BCUT2D eigenvalue weighted by atomic mass is 16.5. The quantitative estimate of drug-likeness (QED) is 0.857. The van der Waals surface area contributed by atoms with Gasteiger partial charge in [-0.3, -0.25) is 4.79 Å². The number of rotatable bonds is 6. The van der Waals surface area contributed by atoms with E-state index in [9.17, 15) is 4.79 Å². The van der Waals surface area contributed by atoms with E-state index >= 15 is 0 Å². The maximum Gasteiger partial charge on any atom is 0.270 e. The van der Waals surface area contributed by atoms with Crippen LogP contribution in [0.1, 0.15) is 24.3 Å². The highest BCUT2D eigenvalue weighted by Crippen LogP contribution is 2.31. The first-order valence-corrected chi connectivity index (χ1v) is 7.29. The highest BCUT2D eigenvalue weighted by Gasteiger charge is 2.09. The van der Waals surface area contributed by atoms with Gasteiger partial charge in [-0.05, 0) is 38.1 Å². The van der Waals surface area contributed by atoms with Gasteiger partial charge in [-0.1, -0.05) is 0 Å². The number of anilines is 2. The normalized spacial score (nSPS) is 10.3. The molecule has 2 rings (SSSR count). The van der Waals surface area contributed by atoms with Crippen molar-refractivity contribution in [2.45, 2.75) is 19.9 Å². The van der Waals surface area contributed by atoms with Crippen LogP contribution in [0.4, 0.5) is 11.4 Å². The maximum absolute atomic E-state index is 11.9. The molecule has 0 atom stereocenters. The summed E-state index contributed by atoms with van der Waals surface area (Å²) in [6, 6.07) is 9.01. The number of pyridine rings is 1. The van der Waals surface area contributed by atoms with Crippen molar-refractivity contribution in [1.82, 2.24) is 10.3 Å². The lowest BCUT2D eigenvalue weighted by molar-refractivity contribution is 0.0938. The lowest BCUT2D eigenvalue weighted by Crippen LogP contribution is -2.30. The first-order valence-electron chi connectivity index (χ1n) is 7.29. The molecular formula is C17H21N3O3. The molecule has 1 aromatic heterocycles. The zero-order valence-corrected chi connectivity index (χ0v) is 13.7. The van der Waals surface area contributed by atoms with Crippen LogP contribution >= 0.6 is 0 Å². The smallest absolute Gasteiger partial charge is 0.270 e. The minimum atomic E-state index is -0.189. The Labute approximate surface area is 135 Å². The summed E-state index contributed by atoms with van der Waals surface area (Å²) in [6.45, 7) is 3.81. The number of ether oxygens (including phenoxy) is 2. The topological polar surface area (TPSA) is 72.5 Å². The average molecular weight is 315 g/mol. The molecule has 1 amide bonds. The van der Waals surface area contributed by atoms with Crippen LogP contribution < -0.4 is 20.1 Å². The van der Waals surface area contributed by atoms with Crippen LogP contribution in [0.3, 0.4) is 0 Å². The third-order valence-electron chi connectivity index (χ3n) is 3.10. The number of carbonyl (C=O) groups excluding carboxylic acids is 1. The van der Waals surface area contributed by atoms with Gasteiger partial charge in [0.1, 0.15) is 17.2 Å². The van der Waals surface area contributed by atoms with Crippen LogP contribution in [0, 0.1) is 0 Å². The maximum atomic E-state index is 11.9. The van der Waals surface area contributed by atoms with Crippen LogP contribution in [-0.4, -0.2) is 31.2 Å². The van der Waals surface area contributed by atoms with Gasteiger partial charge in [-0.25, -0.2) is 4.98 Å². The summed E-state index contributed by atoms with van der Waals surface area (Å²) in [5.41, 5.74) is 1.88. The first kappa shape index (κ1) is 16.6. The van der Waals surface area contributed by atoms with E-state index in [1.54, 1.807) is 32.5 Å². The van der Waals surface area contributed by atoms with Gasteiger partial charge in [0.25, 0.3) is 5.91 Å². The second-order valence-electron chi connectivity index (χ2n) is 5.25. The number of hydrogen-bond donors (Lipinski definition) is 2. The Kier molecular flexibility index (Phi) is 5.41. The summed E-state index contributed by atoms with van der Waals surface area (Å²) in [7, 11) is 3.21. The highest BCUT2D eigenvalue weighted by molar-refractivity contribution is 5.92. The van der Waals surface area contributed by atoms with E-state index in [0.717, 1.165) is 11.4 Å². The lowest BCUT2D eigenvalue weighted by Gasteiger charge is -2.13. The molecule has 1 aromatic carbocycles. The predicted octanol–water partition coefficient (Wildman–Crippen LogP) is 2.98. The SMILES string of the molecule is COc1ccc(OC)c(Nc2ccc(C(=O)NC(C)C)nc2)c1. The molecule has 0 unspecified atom stereocenters. The molecule has 1 heterocycles. The minimum Gasteiger partial charge on any atom is -0.497 e. The van der Waals surface area contributed by atoms with Crippen molar-refractivity contribution in [3.8, 4) is 11.5 Å². The minimum absolute atomic E-state index is 0.0724. The number of hydrogen-bond acceptors (Lipinski definition) is 5. The van der Waals surface area contributed by atoms with Gasteiger partial charge in [-0.2, -0.15) is 0 Å². The number of nitrogens with one attached hydrogen (secondary N) is 2. The van der Waals surface area contributed by atoms with E-state index < -0.39 is 0 Å². The fourth-order valence-electron chi connectivity index (χ4n) is 2.01. The summed E-state index contributed by atoms with van der Waals surface area (Å²) < 4.78 is 10.5. The van der Waals surface area contributed by atoms with Crippen molar-refractivity contribution >= 4 is 17.3 Å². The molecule has 0 radical (unpaired) electrons. The van der Waals surface area contributed by atoms with Crippen molar-refractivity contribution in [1.29, 1.82) is 0 Å². The molecule has 122 valence electrons. The van der Waals surface area contributed by atoms with Crippen LogP contribution in [-0.2, 0) is 0 Å². The van der Waals surface area contributed by atoms with Crippen molar-refractivity contribution in [2.75, 3.05) is 19.5 Å². The average Bonchev–Trinajstić information content (AvgIpc) is 2.54. The fraction of sp³-hybridized carbons (Fsp3) is 0.294. The van der Waals surface area contributed by atoms with E-state index in [4.69, 9.17) is 9.47 Å². The van der Waals surface area contributed by atoms with E-state index in [1.165, 1.54) is 0 Å². The fourth-order valence-corrected chi connectivity index (χ4v) is 2.01. The molecule has 0 aliphatic rings. The van der Waals surface area contributed by atoms with Gasteiger partial charge in [-0.15, -0.1) is 0 Å². The molecule has 2 aromatic rings. The number of nitrogens with zero attached hydrogens (tertiary/aromatic N) is 1. The molecule has 0 bridgehead atoms. The van der Waals surface area contributed by atoms with E-state index in [1.807, 2.05) is 32.0 Å². The second kappa shape index (κ2) is 7.49. The van der Waals surface area contributed by atoms with Crippen molar-refractivity contribution in [2.24, 2.45) is 0 Å². The second-order valence-corrected chi connectivity index (χ2v) is 5.25.